The fraction of sp³-hybridized carbons (Fsp3) is 1.00. The molecule has 2 N–H and O–H groups in total. The summed E-state index contributed by atoms with van der Waals surface area (Å²) >= 11 is 1.58. The Labute approximate surface area is 107 Å². The van der Waals surface area contributed by atoms with Gasteiger partial charge < -0.3 is 24.0 Å². The Hall–Kier alpha value is 0.580. The third-order valence-corrected chi connectivity index (χ3v) is 5.67. The quantitative estimate of drug-likeness (QED) is 0.691. The second-order valence-electron chi connectivity index (χ2n) is 3.68. The monoisotopic (exact) mass is 284 g/mol. The minimum absolute atomic E-state index is 0.0377. The summed E-state index contributed by atoms with van der Waals surface area (Å²) < 4.78 is 16.4. The van der Waals surface area contributed by atoms with Gasteiger partial charge in [0.1, 0.15) is 6.10 Å². The highest BCUT2D eigenvalue weighted by molar-refractivity contribution is 8.52. The molecule has 3 unspecified atom stereocenters. The summed E-state index contributed by atoms with van der Waals surface area (Å²) in [4.78, 5) is 0. The molecule has 0 aromatic heterocycles. The molecule has 1 aliphatic heterocycles. The molecule has 3 atom stereocenters. The molecule has 0 amide bonds. The molecular weight excluding hydrogens is 263 g/mol. The van der Waals surface area contributed by atoms with Gasteiger partial charge in [0.15, 0.2) is 0 Å². The van der Waals surface area contributed by atoms with Crippen LogP contribution < -0.4 is 0 Å². The lowest BCUT2D eigenvalue weighted by Gasteiger charge is -2.30. The topological polar surface area (TPSA) is 68.2 Å². The van der Waals surface area contributed by atoms with E-state index >= 15 is 0 Å². The molecule has 1 rings (SSSR count). The molecule has 17 heavy (non-hydrogen) atoms. The highest BCUT2D eigenvalue weighted by atomic mass is 32.7. The first-order valence-corrected chi connectivity index (χ1v) is 8.60. The minimum Gasteiger partial charge on any atom is -0.390 e. The first-order chi connectivity index (χ1) is 8.17. The van der Waals surface area contributed by atoms with Crippen molar-refractivity contribution in [3.63, 3.8) is 0 Å². The molecule has 5 nitrogen and oxygen atoms in total. The van der Waals surface area contributed by atoms with Crippen LogP contribution in [-0.2, 0) is 13.8 Å². The smallest absolute Gasteiger partial charge is 0.238 e. The molecule has 102 valence electrons. The summed E-state index contributed by atoms with van der Waals surface area (Å²) in [5, 5.41) is 18.8. The van der Waals surface area contributed by atoms with Crippen molar-refractivity contribution in [2.45, 2.75) is 38.6 Å². The van der Waals surface area contributed by atoms with E-state index in [0.29, 0.717) is 19.6 Å². The second kappa shape index (κ2) is 8.64. The maximum Gasteiger partial charge on any atom is 0.238 e. The molecule has 0 radical (unpaired) electrons. The largest absolute Gasteiger partial charge is 0.390 e. The third kappa shape index (κ3) is 5.83. The van der Waals surface area contributed by atoms with E-state index in [-0.39, 0.29) is 12.7 Å². The van der Waals surface area contributed by atoms with Crippen LogP contribution in [-0.4, -0.2) is 54.1 Å². The lowest BCUT2D eigenvalue weighted by Crippen LogP contribution is -2.41. The molecule has 0 bridgehead atoms. The molecular formula is C10H21O5PS. The fourth-order valence-electron chi connectivity index (χ4n) is 1.42. The lowest BCUT2D eigenvalue weighted by atomic mass is 10.1. The van der Waals surface area contributed by atoms with Crippen LogP contribution >= 0.6 is 19.0 Å². The van der Waals surface area contributed by atoms with Crippen molar-refractivity contribution in [1.29, 1.82) is 0 Å². The van der Waals surface area contributed by atoms with Crippen LogP contribution in [0.4, 0.5) is 0 Å². The molecule has 0 aliphatic carbocycles. The normalized spacial score (nSPS) is 29.8. The van der Waals surface area contributed by atoms with Gasteiger partial charge in [0.25, 0.3) is 0 Å². The molecule has 1 saturated heterocycles. The van der Waals surface area contributed by atoms with Gasteiger partial charge in [0.05, 0.1) is 32.0 Å². The molecule has 1 fully saturated rings. The van der Waals surface area contributed by atoms with Gasteiger partial charge in [-0.05, 0) is 13.8 Å². The van der Waals surface area contributed by atoms with Crippen LogP contribution in [0.2, 0.25) is 0 Å². The third-order valence-electron chi connectivity index (χ3n) is 2.29. The van der Waals surface area contributed by atoms with E-state index in [9.17, 15) is 10.2 Å². The van der Waals surface area contributed by atoms with Gasteiger partial charge in [0, 0.05) is 12.2 Å². The van der Waals surface area contributed by atoms with E-state index in [0.717, 1.165) is 5.75 Å². The Morgan fingerprint density at radius 2 is 1.88 bits per heavy atom. The van der Waals surface area contributed by atoms with E-state index in [1.54, 1.807) is 11.4 Å². The Bertz CT molecular complexity index is 203. The summed E-state index contributed by atoms with van der Waals surface area (Å²) in [6.07, 6.45) is -1.00. The molecule has 1 aliphatic rings. The van der Waals surface area contributed by atoms with E-state index in [2.05, 4.69) is 0 Å². The van der Waals surface area contributed by atoms with Crippen LogP contribution in [0.15, 0.2) is 0 Å². The summed E-state index contributed by atoms with van der Waals surface area (Å²) in [6.45, 7) is 5.34. The summed E-state index contributed by atoms with van der Waals surface area (Å²) in [5.41, 5.74) is 0. The number of ether oxygens (including phenoxy) is 1. The predicted molar refractivity (Wildman–Crippen MR) is 69.0 cm³/mol. The molecule has 0 saturated carbocycles. The number of rotatable bonds is 7. The van der Waals surface area contributed by atoms with Crippen LogP contribution in [0.25, 0.3) is 0 Å². The van der Waals surface area contributed by atoms with Crippen molar-refractivity contribution in [1.82, 2.24) is 0 Å². The maximum atomic E-state index is 9.52. The van der Waals surface area contributed by atoms with Crippen molar-refractivity contribution < 1.29 is 24.0 Å². The SMILES string of the molecule is CCOP(OCC)SCC1CC(O)C(O)CO1. The van der Waals surface area contributed by atoms with Crippen molar-refractivity contribution in [3.05, 3.63) is 0 Å². The highest BCUT2D eigenvalue weighted by Gasteiger charge is 2.29. The van der Waals surface area contributed by atoms with E-state index in [1.807, 2.05) is 13.8 Å². The molecule has 0 aromatic carbocycles. The summed E-state index contributed by atoms with van der Waals surface area (Å²) in [5.74, 6) is 0.718. The first-order valence-electron chi connectivity index (χ1n) is 5.84. The number of aliphatic hydroxyl groups excluding tert-OH is 2. The number of hydrogen-bond donors (Lipinski definition) is 2. The van der Waals surface area contributed by atoms with Crippen LogP contribution in [0, 0.1) is 0 Å². The van der Waals surface area contributed by atoms with Crippen molar-refractivity contribution >= 4 is 19.0 Å². The van der Waals surface area contributed by atoms with Crippen LogP contribution in [0.1, 0.15) is 20.3 Å². The van der Waals surface area contributed by atoms with E-state index in [4.69, 9.17) is 13.8 Å². The molecule has 0 aromatic rings. The minimum atomic E-state index is -0.919. The molecule has 0 spiro atoms. The fourth-order valence-corrected chi connectivity index (χ4v) is 4.53. The first kappa shape index (κ1) is 15.6. The Morgan fingerprint density at radius 1 is 1.24 bits per heavy atom. The van der Waals surface area contributed by atoms with Gasteiger partial charge >= 0.3 is 0 Å². The van der Waals surface area contributed by atoms with Crippen LogP contribution in [0.5, 0.6) is 0 Å². The standard InChI is InChI=1S/C10H21O5PS/c1-3-14-16(15-4-2)17-7-8-5-9(11)10(12)6-13-8/h8-12H,3-7H2,1-2H3. The van der Waals surface area contributed by atoms with Gasteiger partial charge in [-0.25, -0.2) is 0 Å². The molecule has 1 heterocycles. The van der Waals surface area contributed by atoms with E-state index in [1.165, 1.54) is 0 Å². The average molecular weight is 284 g/mol. The Morgan fingerprint density at radius 3 is 2.41 bits per heavy atom. The lowest BCUT2D eigenvalue weighted by molar-refractivity contribution is -0.113. The van der Waals surface area contributed by atoms with Gasteiger partial charge in [-0.15, -0.1) is 0 Å². The average Bonchev–Trinajstić information content (AvgIpc) is 2.31. The van der Waals surface area contributed by atoms with Crippen molar-refractivity contribution in [2.75, 3.05) is 25.6 Å². The Kier molecular flexibility index (Phi) is 7.95. The number of aliphatic hydroxyl groups is 2. The number of hydrogen-bond acceptors (Lipinski definition) is 6. The predicted octanol–water partition coefficient (Wildman–Crippen LogP) is 1.53. The zero-order chi connectivity index (χ0) is 12.7. The summed E-state index contributed by atoms with van der Waals surface area (Å²) in [7, 11) is -0.919. The van der Waals surface area contributed by atoms with Crippen molar-refractivity contribution in [2.24, 2.45) is 0 Å². The maximum absolute atomic E-state index is 9.52. The van der Waals surface area contributed by atoms with Crippen molar-refractivity contribution in [3.8, 4) is 0 Å². The summed E-state index contributed by atoms with van der Waals surface area (Å²) in [6, 6.07) is 0. The van der Waals surface area contributed by atoms with Crippen LogP contribution in [0.3, 0.4) is 0 Å². The zero-order valence-corrected chi connectivity index (χ0v) is 12.0. The second-order valence-corrected chi connectivity index (χ2v) is 6.90. The van der Waals surface area contributed by atoms with Gasteiger partial charge in [-0.3, -0.25) is 0 Å². The highest BCUT2D eigenvalue weighted by Crippen LogP contribution is 2.52. The van der Waals surface area contributed by atoms with Gasteiger partial charge in [0.2, 0.25) is 7.58 Å². The zero-order valence-electron chi connectivity index (χ0n) is 10.2. The van der Waals surface area contributed by atoms with E-state index < -0.39 is 19.8 Å². The Balaban J connectivity index is 2.24. The van der Waals surface area contributed by atoms with Gasteiger partial charge in [-0.2, -0.15) is 0 Å². The molecule has 7 heteroatoms. The van der Waals surface area contributed by atoms with Gasteiger partial charge in [-0.1, -0.05) is 11.4 Å².